The summed E-state index contributed by atoms with van der Waals surface area (Å²) < 4.78 is 0. The summed E-state index contributed by atoms with van der Waals surface area (Å²) in [5, 5.41) is 8.40. The maximum absolute atomic E-state index is 11.2. The number of hydrogen-bond donors (Lipinski definition) is 0. The lowest BCUT2D eigenvalue weighted by atomic mass is 10.1. The first-order valence-corrected chi connectivity index (χ1v) is 4.46. The zero-order valence-electron chi connectivity index (χ0n) is 7.42. The van der Waals surface area contributed by atoms with E-state index in [1.54, 1.807) is 0 Å². The van der Waals surface area contributed by atoms with Crippen molar-refractivity contribution < 1.29 is 4.79 Å². The van der Waals surface area contributed by atoms with Crippen LogP contribution in [0.25, 0.3) is 0 Å². The van der Waals surface area contributed by atoms with Gasteiger partial charge < -0.3 is 4.90 Å². The number of likely N-dealkylation sites (tertiary alicyclic amines) is 1. The number of nitriles is 1. The van der Waals surface area contributed by atoms with Gasteiger partial charge in [0.15, 0.2) is 0 Å². The predicted octanol–water partition coefficient (Wildman–Crippen LogP) is 1.30. The molecule has 0 aliphatic carbocycles. The van der Waals surface area contributed by atoms with Crippen LogP contribution >= 0.6 is 0 Å². The molecule has 1 aliphatic heterocycles. The Morgan fingerprint density at radius 1 is 1.75 bits per heavy atom. The van der Waals surface area contributed by atoms with Gasteiger partial charge in [0.2, 0.25) is 5.91 Å². The molecule has 0 aromatic carbocycles. The van der Waals surface area contributed by atoms with E-state index < -0.39 is 0 Å². The standard InChI is InChI=1S/C9H14N2O/c1-2-11-8(4-3-7-10)5-6-9(11)12/h8H,2-6H2,1H3. The Kier molecular flexibility index (Phi) is 3.09. The summed E-state index contributed by atoms with van der Waals surface area (Å²) in [7, 11) is 0. The molecule has 66 valence electrons. The first kappa shape index (κ1) is 9.05. The lowest BCUT2D eigenvalue weighted by Gasteiger charge is -2.21. The number of hydrogen-bond acceptors (Lipinski definition) is 2. The van der Waals surface area contributed by atoms with Crippen molar-refractivity contribution >= 4 is 5.91 Å². The molecule has 0 radical (unpaired) electrons. The number of nitrogens with zero attached hydrogens (tertiary/aromatic N) is 2. The van der Waals surface area contributed by atoms with Crippen molar-refractivity contribution in [3.05, 3.63) is 0 Å². The molecule has 0 aromatic heterocycles. The molecule has 3 heteroatoms. The summed E-state index contributed by atoms with van der Waals surface area (Å²) in [5.41, 5.74) is 0. The van der Waals surface area contributed by atoms with E-state index >= 15 is 0 Å². The van der Waals surface area contributed by atoms with Gasteiger partial charge in [0.05, 0.1) is 6.07 Å². The monoisotopic (exact) mass is 166 g/mol. The van der Waals surface area contributed by atoms with E-state index in [0.29, 0.717) is 18.9 Å². The van der Waals surface area contributed by atoms with Gasteiger partial charge in [-0.25, -0.2) is 0 Å². The minimum absolute atomic E-state index is 0.250. The van der Waals surface area contributed by atoms with Crippen molar-refractivity contribution in [2.75, 3.05) is 6.54 Å². The van der Waals surface area contributed by atoms with Crippen molar-refractivity contribution in [2.45, 2.75) is 38.6 Å². The summed E-state index contributed by atoms with van der Waals surface area (Å²) in [6, 6.07) is 2.45. The molecular weight excluding hydrogens is 152 g/mol. The van der Waals surface area contributed by atoms with Crippen LogP contribution in [-0.2, 0) is 4.79 Å². The van der Waals surface area contributed by atoms with Crippen LogP contribution < -0.4 is 0 Å². The zero-order valence-corrected chi connectivity index (χ0v) is 7.42. The number of carbonyl (C=O) groups is 1. The molecule has 1 atom stereocenters. The fourth-order valence-electron chi connectivity index (χ4n) is 1.76. The van der Waals surface area contributed by atoms with E-state index in [9.17, 15) is 4.79 Å². The molecule has 1 unspecified atom stereocenters. The third-order valence-corrected chi connectivity index (χ3v) is 2.38. The Morgan fingerprint density at radius 3 is 3.08 bits per heavy atom. The molecule has 1 saturated heterocycles. The number of carbonyl (C=O) groups excluding carboxylic acids is 1. The second-order valence-corrected chi connectivity index (χ2v) is 3.07. The molecule has 1 aliphatic rings. The van der Waals surface area contributed by atoms with Crippen LogP contribution in [0.1, 0.15) is 32.6 Å². The molecule has 0 bridgehead atoms. The van der Waals surface area contributed by atoms with Crippen molar-refractivity contribution in [2.24, 2.45) is 0 Å². The zero-order chi connectivity index (χ0) is 8.97. The molecule has 3 nitrogen and oxygen atoms in total. The molecule has 1 amide bonds. The topological polar surface area (TPSA) is 44.1 Å². The van der Waals surface area contributed by atoms with Gasteiger partial charge in [0.25, 0.3) is 0 Å². The molecule has 12 heavy (non-hydrogen) atoms. The van der Waals surface area contributed by atoms with Gasteiger partial charge in [0, 0.05) is 25.4 Å². The predicted molar refractivity (Wildman–Crippen MR) is 45.3 cm³/mol. The van der Waals surface area contributed by atoms with Crippen LogP contribution in [0.5, 0.6) is 0 Å². The van der Waals surface area contributed by atoms with Crippen LogP contribution in [0.15, 0.2) is 0 Å². The highest BCUT2D eigenvalue weighted by Gasteiger charge is 2.28. The first-order valence-electron chi connectivity index (χ1n) is 4.46. The Balaban J connectivity index is 2.44. The summed E-state index contributed by atoms with van der Waals surface area (Å²) in [6.07, 6.45) is 3.02. The Bertz CT molecular complexity index is 207. The molecule has 0 N–H and O–H groups in total. The lowest BCUT2D eigenvalue weighted by molar-refractivity contribution is -0.128. The van der Waals surface area contributed by atoms with E-state index in [1.807, 2.05) is 11.8 Å². The van der Waals surface area contributed by atoms with Gasteiger partial charge in [-0.2, -0.15) is 5.26 Å². The fraction of sp³-hybridized carbons (Fsp3) is 0.778. The maximum atomic E-state index is 11.2. The average molecular weight is 166 g/mol. The third-order valence-electron chi connectivity index (χ3n) is 2.38. The minimum atomic E-state index is 0.250. The summed E-state index contributed by atoms with van der Waals surface area (Å²) in [5.74, 6) is 0.250. The van der Waals surface area contributed by atoms with Gasteiger partial charge in [0.1, 0.15) is 0 Å². The van der Waals surface area contributed by atoms with Gasteiger partial charge in [-0.15, -0.1) is 0 Å². The molecule has 0 aromatic rings. The van der Waals surface area contributed by atoms with Crippen LogP contribution in [0.4, 0.5) is 0 Å². The van der Waals surface area contributed by atoms with Crippen LogP contribution in [0.2, 0.25) is 0 Å². The van der Waals surface area contributed by atoms with Gasteiger partial charge in [-0.1, -0.05) is 0 Å². The number of rotatable bonds is 3. The second kappa shape index (κ2) is 4.10. The highest BCUT2D eigenvalue weighted by molar-refractivity contribution is 5.78. The Hall–Kier alpha value is -1.04. The van der Waals surface area contributed by atoms with Crippen LogP contribution in [-0.4, -0.2) is 23.4 Å². The Labute approximate surface area is 73.0 Å². The van der Waals surface area contributed by atoms with Gasteiger partial charge >= 0.3 is 0 Å². The second-order valence-electron chi connectivity index (χ2n) is 3.07. The quantitative estimate of drug-likeness (QED) is 0.634. The van der Waals surface area contributed by atoms with Crippen molar-refractivity contribution in [1.82, 2.24) is 4.90 Å². The summed E-state index contributed by atoms with van der Waals surface area (Å²) in [6.45, 7) is 2.78. The van der Waals surface area contributed by atoms with E-state index in [2.05, 4.69) is 6.07 Å². The van der Waals surface area contributed by atoms with E-state index in [-0.39, 0.29) is 5.91 Å². The highest BCUT2D eigenvalue weighted by Crippen LogP contribution is 2.21. The van der Waals surface area contributed by atoms with E-state index in [1.165, 1.54) is 0 Å². The lowest BCUT2D eigenvalue weighted by Crippen LogP contribution is -2.32. The minimum Gasteiger partial charge on any atom is -0.340 e. The fourth-order valence-corrected chi connectivity index (χ4v) is 1.76. The number of amides is 1. The molecular formula is C9H14N2O. The largest absolute Gasteiger partial charge is 0.340 e. The van der Waals surface area contributed by atoms with Gasteiger partial charge in [-0.05, 0) is 19.8 Å². The van der Waals surface area contributed by atoms with Crippen LogP contribution in [0.3, 0.4) is 0 Å². The van der Waals surface area contributed by atoms with E-state index in [0.717, 1.165) is 19.4 Å². The third kappa shape index (κ3) is 1.76. The molecule has 0 spiro atoms. The van der Waals surface area contributed by atoms with E-state index in [4.69, 9.17) is 5.26 Å². The maximum Gasteiger partial charge on any atom is 0.222 e. The molecule has 0 saturated carbocycles. The normalized spacial score (nSPS) is 22.8. The molecule has 1 rings (SSSR count). The molecule has 1 fully saturated rings. The van der Waals surface area contributed by atoms with Crippen LogP contribution in [0, 0.1) is 11.3 Å². The first-order chi connectivity index (χ1) is 5.79. The summed E-state index contributed by atoms with van der Waals surface area (Å²) >= 11 is 0. The average Bonchev–Trinajstić information content (AvgIpc) is 2.43. The van der Waals surface area contributed by atoms with Crippen molar-refractivity contribution in [3.63, 3.8) is 0 Å². The highest BCUT2D eigenvalue weighted by atomic mass is 16.2. The van der Waals surface area contributed by atoms with Crippen molar-refractivity contribution in [1.29, 1.82) is 5.26 Å². The smallest absolute Gasteiger partial charge is 0.222 e. The van der Waals surface area contributed by atoms with Gasteiger partial charge in [-0.3, -0.25) is 4.79 Å². The SMILES string of the molecule is CCN1C(=O)CCC1CCC#N. The van der Waals surface area contributed by atoms with Crippen molar-refractivity contribution in [3.8, 4) is 6.07 Å². The summed E-state index contributed by atoms with van der Waals surface area (Å²) in [4.78, 5) is 13.1. The Morgan fingerprint density at radius 2 is 2.50 bits per heavy atom. The molecule has 1 heterocycles.